The number of nitrogens with one attached hydrogen (secondary N) is 1. The number of aromatic nitrogens is 1. The van der Waals surface area contributed by atoms with Gasteiger partial charge in [0.1, 0.15) is 11.6 Å². The summed E-state index contributed by atoms with van der Waals surface area (Å²) in [5.74, 6) is 1.40. The topological polar surface area (TPSA) is 71.2 Å². The van der Waals surface area contributed by atoms with E-state index in [1.165, 1.54) is 0 Å². The second kappa shape index (κ2) is 5.23. The lowest BCUT2D eigenvalue weighted by Crippen LogP contribution is -2.29. The van der Waals surface area contributed by atoms with Crippen LogP contribution in [0.25, 0.3) is 10.8 Å². The van der Waals surface area contributed by atoms with Crippen LogP contribution in [0, 0.1) is 5.92 Å². The number of nitrogens with zero attached hydrogens (tertiary/aromatic N) is 1. The molecule has 2 unspecified atom stereocenters. The van der Waals surface area contributed by atoms with Gasteiger partial charge in [0.05, 0.1) is 0 Å². The second-order valence-electron chi connectivity index (χ2n) is 4.71. The molecule has 2 rings (SSSR count). The average Bonchev–Trinajstić information content (AvgIpc) is 2.38. The highest BCUT2D eigenvalue weighted by atomic mass is 16.3. The summed E-state index contributed by atoms with van der Waals surface area (Å²) in [6.07, 6.45) is 1.77. The molecule has 0 amide bonds. The van der Waals surface area contributed by atoms with Crippen molar-refractivity contribution in [2.75, 3.05) is 11.9 Å². The molecule has 4 nitrogen and oxygen atoms in total. The molecule has 2 aromatic rings. The Morgan fingerprint density at radius 1 is 1.33 bits per heavy atom. The molecule has 1 heterocycles. The fourth-order valence-electron chi connectivity index (χ4n) is 1.83. The van der Waals surface area contributed by atoms with Gasteiger partial charge in [-0.3, -0.25) is 0 Å². The Bertz CT molecular complexity index is 542. The molecule has 1 aromatic carbocycles. The van der Waals surface area contributed by atoms with Crippen molar-refractivity contribution < 1.29 is 5.11 Å². The maximum Gasteiger partial charge on any atom is 0.134 e. The van der Waals surface area contributed by atoms with Crippen molar-refractivity contribution in [2.24, 2.45) is 11.7 Å². The first kappa shape index (κ1) is 12.6. The van der Waals surface area contributed by atoms with Gasteiger partial charge in [0, 0.05) is 17.6 Å². The fraction of sp³-hybridized carbons (Fsp3) is 0.357. The average molecular weight is 245 g/mol. The number of pyridine rings is 1. The quantitative estimate of drug-likeness (QED) is 0.773. The lowest BCUT2D eigenvalue weighted by molar-refractivity contribution is 0.476. The molecule has 2 atom stereocenters. The summed E-state index contributed by atoms with van der Waals surface area (Å²) in [4.78, 5) is 4.34. The lowest BCUT2D eigenvalue weighted by atomic mass is 10.0. The fourth-order valence-corrected chi connectivity index (χ4v) is 1.83. The van der Waals surface area contributed by atoms with Crippen LogP contribution >= 0.6 is 0 Å². The molecule has 0 bridgehead atoms. The van der Waals surface area contributed by atoms with Gasteiger partial charge >= 0.3 is 0 Å². The smallest absolute Gasteiger partial charge is 0.134 e. The molecule has 4 heteroatoms. The van der Waals surface area contributed by atoms with E-state index in [1.807, 2.05) is 12.1 Å². The molecule has 0 aliphatic rings. The number of aromatic hydroxyl groups is 1. The summed E-state index contributed by atoms with van der Waals surface area (Å²) in [6, 6.07) is 7.45. The number of hydrogen-bond donors (Lipinski definition) is 3. The molecule has 96 valence electrons. The number of benzene rings is 1. The first-order valence-electron chi connectivity index (χ1n) is 6.16. The highest BCUT2D eigenvalue weighted by Crippen LogP contribution is 2.26. The van der Waals surface area contributed by atoms with Crippen LogP contribution in [0.3, 0.4) is 0 Å². The number of nitrogens with two attached hydrogens (primary N) is 1. The monoisotopic (exact) mass is 245 g/mol. The van der Waals surface area contributed by atoms with Gasteiger partial charge in [-0.05, 0) is 43.0 Å². The highest BCUT2D eigenvalue weighted by Gasteiger charge is 2.12. The molecular weight excluding hydrogens is 226 g/mol. The number of anilines is 1. The molecule has 0 spiro atoms. The zero-order chi connectivity index (χ0) is 13.1. The van der Waals surface area contributed by atoms with Gasteiger partial charge in [0.2, 0.25) is 0 Å². The van der Waals surface area contributed by atoms with Gasteiger partial charge in [-0.25, -0.2) is 4.98 Å². The molecule has 1 aromatic heterocycles. The van der Waals surface area contributed by atoms with E-state index < -0.39 is 0 Å². The summed E-state index contributed by atoms with van der Waals surface area (Å²) >= 11 is 0. The Labute approximate surface area is 107 Å². The second-order valence-corrected chi connectivity index (χ2v) is 4.71. The van der Waals surface area contributed by atoms with Crippen molar-refractivity contribution in [1.29, 1.82) is 0 Å². The zero-order valence-electron chi connectivity index (χ0n) is 10.7. The van der Waals surface area contributed by atoms with Crippen LogP contribution in [0.2, 0.25) is 0 Å². The van der Waals surface area contributed by atoms with Gasteiger partial charge in [-0.2, -0.15) is 0 Å². The number of phenols is 1. The Morgan fingerprint density at radius 2 is 2.11 bits per heavy atom. The summed E-state index contributed by atoms with van der Waals surface area (Å²) in [7, 11) is 0. The Balaban J connectivity index is 2.35. The maximum atomic E-state index is 9.57. The highest BCUT2D eigenvalue weighted by molar-refractivity contribution is 5.92. The number of rotatable bonds is 4. The van der Waals surface area contributed by atoms with E-state index in [2.05, 4.69) is 24.1 Å². The number of hydrogen-bond acceptors (Lipinski definition) is 4. The maximum absolute atomic E-state index is 9.57. The summed E-state index contributed by atoms with van der Waals surface area (Å²) < 4.78 is 0. The normalized spacial score (nSPS) is 14.4. The molecular formula is C14H19N3O. The Morgan fingerprint density at radius 3 is 2.83 bits per heavy atom. The van der Waals surface area contributed by atoms with Crippen molar-refractivity contribution in [3.8, 4) is 5.75 Å². The molecule has 0 fully saturated rings. The van der Waals surface area contributed by atoms with Gasteiger partial charge < -0.3 is 16.2 Å². The van der Waals surface area contributed by atoms with Gasteiger partial charge in [0.15, 0.2) is 0 Å². The van der Waals surface area contributed by atoms with Crippen LogP contribution in [0.1, 0.15) is 13.8 Å². The van der Waals surface area contributed by atoms with Crippen molar-refractivity contribution in [1.82, 2.24) is 4.98 Å². The van der Waals surface area contributed by atoms with Crippen molar-refractivity contribution in [3.05, 3.63) is 30.5 Å². The van der Waals surface area contributed by atoms with Crippen molar-refractivity contribution in [3.63, 3.8) is 0 Å². The number of phenolic OH excluding ortho intramolecular Hbond substituents is 1. The molecule has 0 saturated heterocycles. The molecule has 0 aliphatic heterocycles. The van der Waals surface area contributed by atoms with E-state index in [4.69, 9.17) is 5.73 Å². The third-order valence-corrected chi connectivity index (χ3v) is 3.34. The first-order valence-corrected chi connectivity index (χ1v) is 6.16. The zero-order valence-corrected chi connectivity index (χ0v) is 10.7. The molecule has 0 saturated carbocycles. The van der Waals surface area contributed by atoms with E-state index in [0.717, 1.165) is 16.6 Å². The van der Waals surface area contributed by atoms with Gasteiger partial charge in [0.25, 0.3) is 0 Å². The first-order chi connectivity index (χ1) is 8.61. The van der Waals surface area contributed by atoms with Gasteiger partial charge in [-0.15, -0.1) is 0 Å². The van der Waals surface area contributed by atoms with E-state index >= 15 is 0 Å². The Kier molecular flexibility index (Phi) is 3.67. The van der Waals surface area contributed by atoms with E-state index in [9.17, 15) is 5.11 Å². The predicted molar refractivity (Wildman–Crippen MR) is 74.7 cm³/mol. The van der Waals surface area contributed by atoms with Gasteiger partial charge in [-0.1, -0.05) is 13.0 Å². The summed E-state index contributed by atoms with van der Waals surface area (Å²) in [5.41, 5.74) is 5.66. The molecule has 18 heavy (non-hydrogen) atoms. The predicted octanol–water partition coefficient (Wildman–Crippen LogP) is 2.34. The van der Waals surface area contributed by atoms with Crippen molar-refractivity contribution >= 4 is 16.6 Å². The van der Waals surface area contributed by atoms with Crippen LogP contribution in [-0.2, 0) is 0 Å². The standard InChI is InChI=1S/C14H19N3O/c1-9(8-15)10(2)17-14-13-7-12(18)4-3-11(13)5-6-16-14/h3-7,9-10,18H,8,15H2,1-2H3,(H,16,17). The third-order valence-electron chi connectivity index (χ3n) is 3.34. The number of fused-ring (bicyclic) bond motifs is 1. The van der Waals surface area contributed by atoms with Crippen molar-refractivity contribution in [2.45, 2.75) is 19.9 Å². The SMILES string of the molecule is CC(CN)C(C)Nc1nccc2ccc(O)cc12. The molecule has 0 aliphatic carbocycles. The largest absolute Gasteiger partial charge is 0.508 e. The summed E-state index contributed by atoms with van der Waals surface area (Å²) in [6.45, 7) is 4.81. The van der Waals surface area contributed by atoms with Crippen LogP contribution in [0.15, 0.2) is 30.5 Å². The van der Waals surface area contributed by atoms with E-state index in [-0.39, 0.29) is 11.8 Å². The van der Waals surface area contributed by atoms with E-state index in [1.54, 1.807) is 18.3 Å². The van der Waals surface area contributed by atoms with Crippen LogP contribution < -0.4 is 11.1 Å². The van der Waals surface area contributed by atoms with Crippen LogP contribution in [-0.4, -0.2) is 22.7 Å². The minimum Gasteiger partial charge on any atom is -0.508 e. The third kappa shape index (κ3) is 2.54. The minimum absolute atomic E-state index is 0.232. The Hall–Kier alpha value is -1.81. The molecule has 4 N–H and O–H groups in total. The lowest BCUT2D eigenvalue weighted by Gasteiger charge is -2.21. The summed E-state index contributed by atoms with van der Waals surface area (Å²) in [5, 5.41) is 14.9. The molecule has 0 radical (unpaired) electrons. The minimum atomic E-state index is 0.232. The van der Waals surface area contributed by atoms with Crippen LogP contribution in [0.4, 0.5) is 5.82 Å². The van der Waals surface area contributed by atoms with Crippen LogP contribution in [0.5, 0.6) is 5.75 Å². The van der Waals surface area contributed by atoms with E-state index in [0.29, 0.717) is 12.5 Å².